The Morgan fingerprint density at radius 3 is 2.76 bits per heavy atom. The Hall–Kier alpha value is -2.83. The number of carbonyl (C=O) groups is 2. The first-order chi connectivity index (χ1) is 10.1. The van der Waals surface area contributed by atoms with E-state index in [0.29, 0.717) is 11.5 Å². The summed E-state index contributed by atoms with van der Waals surface area (Å²) in [5.41, 5.74) is 0.738. The molecular weight excluding hydrogens is 272 g/mol. The lowest BCUT2D eigenvalue weighted by atomic mass is 10.2. The number of nitrogens with zero attached hydrogens (tertiary/aromatic N) is 2. The highest BCUT2D eigenvalue weighted by Gasteiger charge is 2.34. The van der Waals surface area contributed by atoms with E-state index in [4.69, 9.17) is 5.11 Å². The van der Waals surface area contributed by atoms with E-state index in [1.807, 2.05) is 0 Å². The summed E-state index contributed by atoms with van der Waals surface area (Å²) in [5.74, 6) is -0.512. The van der Waals surface area contributed by atoms with Crippen molar-refractivity contribution in [1.29, 1.82) is 0 Å². The summed E-state index contributed by atoms with van der Waals surface area (Å²) >= 11 is 0. The fourth-order valence-corrected chi connectivity index (χ4v) is 2.12. The first-order valence-corrected chi connectivity index (χ1v) is 6.58. The largest absolute Gasteiger partial charge is 0.478 e. The quantitative estimate of drug-likeness (QED) is 0.803. The molecule has 0 bridgehead atoms. The van der Waals surface area contributed by atoms with Gasteiger partial charge in [0.25, 0.3) is 0 Å². The standard InChI is InChI=1S/C14H14N4O3/c19-13(20)9-2-1-3-11(8-9)18(10-4-5-10)14(21)16-12-6-7-15-17-12/h1-3,6-8,10H,4-5H2,(H,19,20)(H2,15,16,17,21). The summed E-state index contributed by atoms with van der Waals surface area (Å²) < 4.78 is 0. The Kier molecular flexibility index (Phi) is 3.31. The molecule has 0 spiro atoms. The van der Waals surface area contributed by atoms with Crippen molar-refractivity contribution in [2.45, 2.75) is 18.9 Å². The number of aromatic carboxylic acids is 1. The second-order valence-corrected chi connectivity index (χ2v) is 4.86. The van der Waals surface area contributed by atoms with E-state index in [1.165, 1.54) is 12.1 Å². The number of aromatic nitrogens is 2. The third-order valence-electron chi connectivity index (χ3n) is 3.24. The summed E-state index contributed by atoms with van der Waals surface area (Å²) in [6, 6.07) is 7.84. The van der Waals surface area contributed by atoms with Crippen LogP contribution >= 0.6 is 0 Å². The van der Waals surface area contributed by atoms with Gasteiger partial charge in [-0.05, 0) is 31.0 Å². The number of aromatic amines is 1. The Morgan fingerprint density at radius 1 is 1.33 bits per heavy atom. The van der Waals surface area contributed by atoms with Crippen LogP contribution in [0.4, 0.5) is 16.3 Å². The molecule has 0 saturated heterocycles. The number of H-pyrrole nitrogens is 1. The number of urea groups is 1. The van der Waals surface area contributed by atoms with Crippen LogP contribution in [0.1, 0.15) is 23.2 Å². The number of nitrogens with one attached hydrogen (secondary N) is 2. The Labute approximate surface area is 120 Å². The van der Waals surface area contributed by atoms with E-state index in [1.54, 1.807) is 29.3 Å². The van der Waals surface area contributed by atoms with E-state index in [-0.39, 0.29) is 17.6 Å². The van der Waals surface area contributed by atoms with Gasteiger partial charge in [-0.3, -0.25) is 15.3 Å². The predicted molar refractivity (Wildman–Crippen MR) is 76.5 cm³/mol. The van der Waals surface area contributed by atoms with Crippen molar-refractivity contribution < 1.29 is 14.7 Å². The van der Waals surface area contributed by atoms with E-state index >= 15 is 0 Å². The molecule has 1 fully saturated rings. The number of hydrogen-bond donors (Lipinski definition) is 3. The molecule has 0 aliphatic heterocycles. The number of anilines is 2. The smallest absolute Gasteiger partial charge is 0.335 e. The molecule has 7 nitrogen and oxygen atoms in total. The van der Waals surface area contributed by atoms with Crippen molar-refractivity contribution in [3.8, 4) is 0 Å². The molecule has 1 heterocycles. The highest BCUT2D eigenvalue weighted by molar-refractivity contribution is 6.02. The number of benzene rings is 1. The molecule has 3 N–H and O–H groups in total. The van der Waals surface area contributed by atoms with Gasteiger partial charge in [-0.2, -0.15) is 5.10 Å². The number of carbonyl (C=O) groups excluding carboxylic acids is 1. The van der Waals surface area contributed by atoms with Crippen LogP contribution in [0.25, 0.3) is 0 Å². The summed E-state index contributed by atoms with van der Waals surface area (Å²) in [6.45, 7) is 0. The summed E-state index contributed by atoms with van der Waals surface area (Å²) in [4.78, 5) is 25.0. The molecule has 1 aromatic carbocycles. The molecule has 0 radical (unpaired) electrons. The summed E-state index contributed by atoms with van der Waals surface area (Å²) in [7, 11) is 0. The second-order valence-electron chi connectivity index (χ2n) is 4.86. The monoisotopic (exact) mass is 286 g/mol. The first kappa shape index (κ1) is 13.2. The molecule has 1 saturated carbocycles. The lowest BCUT2D eigenvalue weighted by Gasteiger charge is -2.22. The van der Waals surface area contributed by atoms with Crippen LogP contribution in [0.15, 0.2) is 36.5 Å². The number of carboxylic acids is 1. The molecule has 3 rings (SSSR count). The molecule has 2 aromatic rings. The van der Waals surface area contributed by atoms with Crippen molar-refractivity contribution in [2.24, 2.45) is 0 Å². The van der Waals surface area contributed by atoms with E-state index in [2.05, 4.69) is 15.5 Å². The molecule has 1 aromatic heterocycles. The van der Waals surface area contributed by atoms with Crippen LogP contribution in [-0.2, 0) is 0 Å². The molecule has 2 amide bonds. The number of carboxylic acid groups (broad SMARTS) is 1. The van der Waals surface area contributed by atoms with E-state index in [0.717, 1.165) is 12.8 Å². The zero-order valence-electron chi connectivity index (χ0n) is 11.1. The van der Waals surface area contributed by atoms with E-state index in [9.17, 15) is 9.59 Å². The average Bonchev–Trinajstić information content (AvgIpc) is 3.16. The van der Waals surface area contributed by atoms with Crippen molar-refractivity contribution in [1.82, 2.24) is 10.2 Å². The van der Waals surface area contributed by atoms with Crippen LogP contribution in [0.5, 0.6) is 0 Å². The summed E-state index contributed by atoms with van der Waals surface area (Å²) in [5, 5.41) is 18.2. The van der Waals surface area contributed by atoms with Gasteiger partial charge in [-0.25, -0.2) is 9.59 Å². The van der Waals surface area contributed by atoms with Crippen molar-refractivity contribution >= 4 is 23.5 Å². The fourth-order valence-electron chi connectivity index (χ4n) is 2.12. The molecule has 0 atom stereocenters. The maximum Gasteiger partial charge on any atom is 0.335 e. The SMILES string of the molecule is O=C(O)c1cccc(N(C(=O)Nc2ccn[nH]2)C2CC2)c1. The minimum Gasteiger partial charge on any atom is -0.478 e. The number of hydrogen-bond acceptors (Lipinski definition) is 3. The van der Waals surface area contributed by atoms with Gasteiger partial charge in [0.2, 0.25) is 0 Å². The van der Waals surface area contributed by atoms with Gasteiger partial charge in [0.1, 0.15) is 5.82 Å². The minimum absolute atomic E-state index is 0.108. The molecule has 21 heavy (non-hydrogen) atoms. The maximum atomic E-state index is 12.4. The molecule has 108 valence electrons. The third kappa shape index (κ3) is 2.86. The van der Waals surface area contributed by atoms with Gasteiger partial charge in [0, 0.05) is 17.8 Å². The van der Waals surface area contributed by atoms with Crippen molar-refractivity contribution in [3.63, 3.8) is 0 Å². The maximum absolute atomic E-state index is 12.4. The summed E-state index contributed by atoms with van der Waals surface area (Å²) in [6.07, 6.45) is 3.36. The van der Waals surface area contributed by atoms with Crippen LogP contribution < -0.4 is 10.2 Å². The average molecular weight is 286 g/mol. The van der Waals surface area contributed by atoms with Gasteiger partial charge in [-0.1, -0.05) is 6.07 Å². The number of amides is 2. The normalized spacial score (nSPS) is 13.7. The first-order valence-electron chi connectivity index (χ1n) is 6.58. The molecular formula is C14H14N4O3. The topological polar surface area (TPSA) is 98.3 Å². The Morgan fingerprint density at radius 2 is 2.14 bits per heavy atom. The van der Waals surface area contributed by atoms with Gasteiger partial charge < -0.3 is 5.11 Å². The fraction of sp³-hybridized carbons (Fsp3) is 0.214. The van der Waals surface area contributed by atoms with E-state index < -0.39 is 5.97 Å². The second kappa shape index (κ2) is 5.28. The van der Waals surface area contributed by atoms with Crippen LogP contribution in [0.2, 0.25) is 0 Å². The van der Waals surface area contributed by atoms with Gasteiger partial charge >= 0.3 is 12.0 Å². The van der Waals surface area contributed by atoms with Gasteiger partial charge in [0.15, 0.2) is 0 Å². The minimum atomic E-state index is -1.01. The van der Waals surface area contributed by atoms with Gasteiger partial charge in [0.05, 0.1) is 11.8 Å². The van der Waals surface area contributed by atoms with Crippen LogP contribution in [0, 0.1) is 0 Å². The zero-order chi connectivity index (χ0) is 14.8. The molecule has 1 aliphatic carbocycles. The highest BCUT2D eigenvalue weighted by atomic mass is 16.4. The van der Waals surface area contributed by atoms with Crippen molar-refractivity contribution in [3.05, 3.63) is 42.1 Å². The van der Waals surface area contributed by atoms with Crippen LogP contribution in [-0.4, -0.2) is 33.3 Å². The Bertz CT molecular complexity index is 665. The lowest BCUT2D eigenvalue weighted by molar-refractivity contribution is 0.0697. The van der Waals surface area contributed by atoms with Crippen molar-refractivity contribution in [2.75, 3.05) is 10.2 Å². The zero-order valence-corrected chi connectivity index (χ0v) is 11.1. The Balaban J connectivity index is 1.86. The highest BCUT2D eigenvalue weighted by Crippen LogP contribution is 2.32. The molecule has 1 aliphatic rings. The third-order valence-corrected chi connectivity index (χ3v) is 3.24. The lowest BCUT2D eigenvalue weighted by Crippen LogP contribution is -2.37. The predicted octanol–water partition coefficient (Wildman–Crippen LogP) is 2.31. The molecule has 7 heteroatoms. The molecule has 0 unspecified atom stereocenters. The van der Waals surface area contributed by atoms with Gasteiger partial charge in [-0.15, -0.1) is 0 Å². The number of rotatable bonds is 4. The van der Waals surface area contributed by atoms with Crippen LogP contribution in [0.3, 0.4) is 0 Å².